The third kappa shape index (κ3) is 14.5. The van der Waals surface area contributed by atoms with Crippen LogP contribution in [0.4, 0.5) is 4.79 Å². The Balaban J connectivity index is 0.812. The smallest absolute Gasteiger partial charge is 0.463 e. The Morgan fingerprint density at radius 2 is 0.864 bits per heavy atom. The molecule has 0 bridgehead atoms. The standard InChI is InChI=1S/C57H95NO8/c1-40(59)62-48-32-26-43(27-33-48)57(2,3)44-28-34-49(35-29-44)65-56(60)66-55-21-11-20-54(39-55)64-52-18-9-15-47(37-52)58(45-30-24-42(25-31-45)23-22-41-12-6-5-7-13-41)46-14-8-17-51(36-46)63-53-19-10-16-50(38-53)61-4/h22-23,41-55H,5-21,24-39H2,1-4H3. The first-order valence-corrected chi connectivity index (χ1v) is 28.4. The van der Waals surface area contributed by atoms with Gasteiger partial charge in [-0.1, -0.05) is 45.3 Å². The van der Waals surface area contributed by atoms with Crippen molar-refractivity contribution in [1.82, 2.24) is 4.90 Å². The summed E-state index contributed by atoms with van der Waals surface area (Å²) in [4.78, 5) is 27.8. The van der Waals surface area contributed by atoms with E-state index in [1.54, 1.807) is 0 Å². The highest BCUT2D eigenvalue weighted by atomic mass is 16.7. The third-order valence-electron chi connectivity index (χ3n) is 19.1. The zero-order chi connectivity index (χ0) is 45.9. The molecule has 9 heteroatoms. The monoisotopic (exact) mass is 922 g/mol. The van der Waals surface area contributed by atoms with Crippen LogP contribution in [0, 0.1) is 29.1 Å². The Morgan fingerprint density at radius 3 is 1.39 bits per heavy atom. The molecule has 0 aliphatic heterocycles. The van der Waals surface area contributed by atoms with Crippen molar-refractivity contribution in [3.63, 3.8) is 0 Å². The molecule has 0 amide bonds. The van der Waals surface area contributed by atoms with Crippen LogP contribution >= 0.6 is 0 Å². The second-order valence-electron chi connectivity index (χ2n) is 23.9. The van der Waals surface area contributed by atoms with Crippen molar-refractivity contribution in [2.24, 2.45) is 29.1 Å². The summed E-state index contributed by atoms with van der Waals surface area (Å²) in [6.07, 6.45) is 44.8. The van der Waals surface area contributed by atoms with Gasteiger partial charge in [-0.15, -0.1) is 0 Å². The number of hydrogen-bond acceptors (Lipinski definition) is 9. The van der Waals surface area contributed by atoms with Crippen LogP contribution in [0.2, 0.25) is 0 Å². The van der Waals surface area contributed by atoms with E-state index in [0.717, 1.165) is 108 Å². The van der Waals surface area contributed by atoms with Crippen molar-refractivity contribution >= 4 is 12.1 Å². The van der Waals surface area contributed by atoms with Gasteiger partial charge in [0.2, 0.25) is 0 Å². The molecule has 0 spiro atoms. The maximum Gasteiger partial charge on any atom is 0.508 e. The second kappa shape index (κ2) is 24.9. The van der Waals surface area contributed by atoms with Crippen LogP contribution in [0.5, 0.6) is 0 Å². The highest BCUT2D eigenvalue weighted by Gasteiger charge is 2.43. The van der Waals surface area contributed by atoms with E-state index in [1.165, 1.54) is 122 Å². The highest BCUT2D eigenvalue weighted by molar-refractivity contribution is 5.66. The summed E-state index contributed by atoms with van der Waals surface area (Å²) in [5.41, 5.74) is 0.225. The van der Waals surface area contributed by atoms with Crippen LogP contribution in [-0.2, 0) is 33.2 Å². The fourth-order valence-corrected chi connectivity index (χ4v) is 15.2. The summed E-state index contributed by atoms with van der Waals surface area (Å²) in [6, 6.07) is 1.81. The zero-order valence-electron chi connectivity index (χ0n) is 42.4. The van der Waals surface area contributed by atoms with Crippen molar-refractivity contribution in [2.75, 3.05) is 7.11 Å². The molecule has 8 rings (SSSR count). The Labute approximate surface area is 401 Å². The van der Waals surface area contributed by atoms with Gasteiger partial charge in [-0.05, 0) is 215 Å². The van der Waals surface area contributed by atoms with Crippen LogP contribution in [0.3, 0.4) is 0 Å². The Bertz CT molecular complexity index is 1490. The normalized spacial score (nSPS) is 39.0. The molecule has 0 aromatic carbocycles. The SMILES string of the molecule is COC1CCCC(OC2CCCC(N(C3CCC(C=CC4CCCCC4)CC3)C3CCCC(OC4CCCC(OC(=O)OC5CCC(C(C)(C)C6CCC(OC(C)=O)CC6)CC5)C4)C3)C2)C1. The number of hydrogen-bond donors (Lipinski definition) is 0. The quantitative estimate of drug-likeness (QED) is 0.118. The van der Waals surface area contributed by atoms with E-state index in [-0.39, 0.29) is 41.9 Å². The second-order valence-corrected chi connectivity index (χ2v) is 23.9. The molecule has 0 radical (unpaired) electrons. The molecule has 8 fully saturated rings. The number of rotatable bonds is 15. The van der Waals surface area contributed by atoms with E-state index in [4.69, 9.17) is 28.4 Å². The molecular formula is C57H95NO8. The molecule has 8 saturated carbocycles. The molecule has 8 atom stereocenters. The summed E-state index contributed by atoms with van der Waals surface area (Å²) in [5, 5.41) is 0. The first kappa shape index (κ1) is 50.7. The molecule has 0 aromatic heterocycles. The van der Waals surface area contributed by atoms with Gasteiger partial charge in [-0.2, -0.15) is 0 Å². The van der Waals surface area contributed by atoms with Gasteiger partial charge in [0.1, 0.15) is 18.3 Å². The van der Waals surface area contributed by atoms with E-state index in [2.05, 4.69) is 30.9 Å². The largest absolute Gasteiger partial charge is 0.508 e. The van der Waals surface area contributed by atoms with Gasteiger partial charge in [0.05, 0.1) is 30.5 Å². The molecule has 0 saturated heterocycles. The minimum absolute atomic E-state index is 0.0589. The van der Waals surface area contributed by atoms with Crippen molar-refractivity contribution in [2.45, 2.75) is 300 Å². The number of methoxy groups -OCH3 is 1. The van der Waals surface area contributed by atoms with Gasteiger partial charge < -0.3 is 28.4 Å². The molecule has 9 nitrogen and oxygen atoms in total. The number of allylic oxidation sites excluding steroid dienone is 2. The topological polar surface area (TPSA) is 92.8 Å². The number of carbonyl (C=O) groups is 2. The summed E-state index contributed by atoms with van der Waals surface area (Å²) in [6.45, 7) is 6.40. The van der Waals surface area contributed by atoms with Crippen molar-refractivity contribution in [3.8, 4) is 0 Å². The van der Waals surface area contributed by atoms with Crippen LogP contribution < -0.4 is 0 Å². The zero-order valence-corrected chi connectivity index (χ0v) is 42.4. The summed E-state index contributed by atoms with van der Waals surface area (Å²) in [7, 11) is 1.87. The number of esters is 1. The molecule has 8 aliphatic carbocycles. The molecule has 8 unspecified atom stereocenters. The van der Waals surface area contributed by atoms with E-state index >= 15 is 0 Å². The first-order valence-electron chi connectivity index (χ1n) is 28.4. The van der Waals surface area contributed by atoms with E-state index < -0.39 is 6.16 Å². The van der Waals surface area contributed by atoms with E-state index in [0.29, 0.717) is 48.3 Å². The van der Waals surface area contributed by atoms with Crippen molar-refractivity contribution in [1.29, 1.82) is 0 Å². The summed E-state index contributed by atoms with van der Waals surface area (Å²) >= 11 is 0. The Hall–Kier alpha value is -1.68. The fraction of sp³-hybridized carbons (Fsp3) is 0.930. The van der Waals surface area contributed by atoms with Crippen LogP contribution in [0.1, 0.15) is 233 Å². The van der Waals surface area contributed by atoms with Gasteiger partial charge >= 0.3 is 12.1 Å². The molecule has 8 aliphatic rings. The fourth-order valence-electron chi connectivity index (χ4n) is 15.2. The Kier molecular flexibility index (Phi) is 19.2. The van der Waals surface area contributed by atoms with Gasteiger partial charge in [-0.25, -0.2) is 4.79 Å². The maximum atomic E-state index is 13.3. The molecular weight excluding hydrogens is 827 g/mol. The average Bonchev–Trinajstić information content (AvgIpc) is 3.32. The molecule has 376 valence electrons. The molecule has 0 heterocycles. The molecule has 0 N–H and O–H groups in total. The van der Waals surface area contributed by atoms with Gasteiger partial charge in [0.25, 0.3) is 0 Å². The Morgan fingerprint density at radius 1 is 0.424 bits per heavy atom. The summed E-state index contributed by atoms with van der Waals surface area (Å²) in [5.74, 6) is 2.66. The van der Waals surface area contributed by atoms with Crippen molar-refractivity contribution < 1.29 is 38.0 Å². The number of carbonyl (C=O) groups excluding carboxylic acids is 2. The van der Waals surface area contributed by atoms with Gasteiger partial charge in [0, 0.05) is 38.6 Å². The van der Waals surface area contributed by atoms with Crippen LogP contribution in [-0.4, -0.2) is 91.1 Å². The third-order valence-corrected chi connectivity index (χ3v) is 19.1. The lowest BCUT2D eigenvalue weighted by molar-refractivity contribution is -0.148. The number of ether oxygens (including phenoxy) is 6. The predicted octanol–water partition coefficient (Wildman–Crippen LogP) is 13.8. The van der Waals surface area contributed by atoms with Gasteiger partial charge in [0.15, 0.2) is 0 Å². The molecule has 66 heavy (non-hydrogen) atoms. The lowest BCUT2D eigenvalue weighted by Crippen LogP contribution is -2.55. The minimum atomic E-state index is -0.475. The predicted molar refractivity (Wildman–Crippen MR) is 261 cm³/mol. The molecule has 0 aromatic rings. The van der Waals surface area contributed by atoms with Crippen LogP contribution in [0.15, 0.2) is 12.2 Å². The maximum absolute atomic E-state index is 13.3. The van der Waals surface area contributed by atoms with E-state index in [1.807, 2.05) is 7.11 Å². The minimum Gasteiger partial charge on any atom is -0.463 e. The lowest BCUT2D eigenvalue weighted by atomic mass is 9.60. The van der Waals surface area contributed by atoms with Crippen molar-refractivity contribution in [3.05, 3.63) is 12.2 Å². The first-order chi connectivity index (χ1) is 32.1. The van der Waals surface area contributed by atoms with Crippen LogP contribution in [0.25, 0.3) is 0 Å². The van der Waals surface area contributed by atoms with E-state index in [9.17, 15) is 9.59 Å². The highest BCUT2D eigenvalue weighted by Crippen LogP contribution is 2.49. The lowest BCUT2D eigenvalue weighted by Gasteiger charge is -2.50. The number of nitrogens with zero attached hydrogens (tertiary/aromatic N) is 1. The average molecular weight is 922 g/mol. The van der Waals surface area contributed by atoms with Gasteiger partial charge in [-0.3, -0.25) is 9.69 Å². The summed E-state index contributed by atoms with van der Waals surface area (Å²) < 4.78 is 37.5.